The van der Waals surface area contributed by atoms with Crippen molar-refractivity contribution >= 4 is 17.0 Å². The van der Waals surface area contributed by atoms with Crippen LogP contribution in [0.2, 0.25) is 0 Å². The van der Waals surface area contributed by atoms with Gasteiger partial charge in [-0.3, -0.25) is 4.90 Å². The van der Waals surface area contributed by atoms with Gasteiger partial charge in [-0.25, -0.2) is 0 Å². The summed E-state index contributed by atoms with van der Waals surface area (Å²) < 4.78 is 5.70. The monoisotopic (exact) mass is 388 g/mol. The number of hydrogen-bond donors (Lipinski definition) is 1. The van der Waals surface area contributed by atoms with Gasteiger partial charge in [0.1, 0.15) is 5.75 Å². The molecule has 2 heterocycles. The SMILES string of the molecule is CC(C)Oc1ccc(N(C)CCC2(O)CCN(Cc3ccsc3)CC2)cc1. The zero-order valence-corrected chi connectivity index (χ0v) is 17.5. The first-order chi connectivity index (χ1) is 12.9. The molecule has 0 spiro atoms. The van der Waals surface area contributed by atoms with Crippen LogP contribution >= 0.6 is 11.3 Å². The van der Waals surface area contributed by atoms with Gasteiger partial charge in [-0.2, -0.15) is 11.3 Å². The highest BCUT2D eigenvalue weighted by Gasteiger charge is 2.32. The molecule has 0 radical (unpaired) electrons. The molecule has 1 aromatic heterocycles. The molecule has 1 N–H and O–H groups in total. The van der Waals surface area contributed by atoms with Gasteiger partial charge in [0.25, 0.3) is 0 Å². The first-order valence-electron chi connectivity index (χ1n) is 9.87. The number of ether oxygens (including phenoxy) is 1. The van der Waals surface area contributed by atoms with Crippen molar-refractivity contribution < 1.29 is 9.84 Å². The Bertz CT molecular complexity index is 677. The van der Waals surface area contributed by atoms with E-state index in [-0.39, 0.29) is 6.10 Å². The molecule has 3 rings (SSSR count). The Morgan fingerprint density at radius 2 is 1.89 bits per heavy atom. The summed E-state index contributed by atoms with van der Waals surface area (Å²) in [4.78, 5) is 4.67. The fourth-order valence-electron chi connectivity index (χ4n) is 3.57. The summed E-state index contributed by atoms with van der Waals surface area (Å²) in [6.45, 7) is 7.86. The molecule has 27 heavy (non-hydrogen) atoms. The fourth-order valence-corrected chi connectivity index (χ4v) is 4.23. The number of anilines is 1. The largest absolute Gasteiger partial charge is 0.491 e. The van der Waals surface area contributed by atoms with E-state index in [1.54, 1.807) is 11.3 Å². The van der Waals surface area contributed by atoms with Crippen LogP contribution in [0.25, 0.3) is 0 Å². The van der Waals surface area contributed by atoms with Crippen molar-refractivity contribution in [2.24, 2.45) is 0 Å². The molecule has 0 saturated carbocycles. The molecule has 1 aromatic carbocycles. The number of hydrogen-bond acceptors (Lipinski definition) is 5. The maximum atomic E-state index is 11.0. The normalized spacial score (nSPS) is 17.2. The standard InChI is InChI=1S/C22H32N2O2S/c1-18(2)26-21-6-4-20(5-7-21)23(3)12-9-22(25)10-13-24(14-11-22)16-19-8-15-27-17-19/h4-8,15,17-18,25H,9-14,16H2,1-3H3. The molecule has 0 bridgehead atoms. The molecule has 148 valence electrons. The summed E-state index contributed by atoms with van der Waals surface area (Å²) >= 11 is 1.75. The van der Waals surface area contributed by atoms with Crippen molar-refractivity contribution in [1.29, 1.82) is 0 Å². The lowest BCUT2D eigenvalue weighted by Crippen LogP contribution is -2.45. The van der Waals surface area contributed by atoms with E-state index in [0.29, 0.717) is 0 Å². The van der Waals surface area contributed by atoms with Gasteiger partial charge >= 0.3 is 0 Å². The summed E-state index contributed by atoms with van der Waals surface area (Å²) in [5, 5.41) is 15.3. The Morgan fingerprint density at radius 3 is 2.48 bits per heavy atom. The maximum Gasteiger partial charge on any atom is 0.119 e. The first-order valence-corrected chi connectivity index (χ1v) is 10.8. The zero-order valence-electron chi connectivity index (χ0n) is 16.7. The minimum atomic E-state index is -0.542. The number of nitrogens with zero attached hydrogens (tertiary/aromatic N) is 2. The maximum absolute atomic E-state index is 11.0. The third kappa shape index (κ3) is 5.96. The van der Waals surface area contributed by atoms with E-state index in [1.165, 1.54) is 5.56 Å². The molecule has 0 amide bonds. The van der Waals surface area contributed by atoms with Crippen LogP contribution in [-0.4, -0.2) is 48.4 Å². The van der Waals surface area contributed by atoms with Crippen molar-refractivity contribution in [3.8, 4) is 5.75 Å². The molecule has 0 aliphatic carbocycles. The quantitative estimate of drug-likeness (QED) is 0.728. The van der Waals surface area contributed by atoms with Gasteiger partial charge in [0.2, 0.25) is 0 Å². The van der Waals surface area contributed by atoms with E-state index in [0.717, 1.165) is 56.9 Å². The summed E-state index contributed by atoms with van der Waals surface area (Å²) in [5.74, 6) is 0.902. The molecule has 1 fully saturated rings. The Morgan fingerprint density at radius 1 is 1.19 bits per heavy atom. The van der Waals surface area contributed by atoms with E-state index in [4.69, 9.17) is 4.74 Å². The van der Waals surface area contributed by atoms with Crippen LogP contribution < -0.4 is 9.64 Å². The summed E-state index contributed by atoms with van der Waals surface area (Å²) in [7, 11) is 2.09. The van der Waals surface area contributed by atoms with Crippen LogP contribution in [0.5, 0.6) is 5.75 Å². The topological polar surface area (TPSA) is 35.9 Å². The van der Waals surface area contributed by atoms with E-state index >= 15 is 0 Å². The summed E-state index contributed by atoms with van der Waals surface area (Å²) in [5.41, 5.74) is 2.00. The highest BCUT2D eigenvalue weighted by atomic mass is 32.1. The molecule has 1 aliphatic heterocycles. The van der Waals surface area contributed by atoms with Crippen LogP contribution in [0.4, 0.5) is 5.69 Å². The lowest BCUT2D eigenvalue weighted by atomic mass is 9.88. The van der Waals surface area contributed by atoms with Gasteiger partial charge in [0.15, 0.2) is 0 Å². The third-order valence-corrected chi connectivity index (χ3v) is 6.07. The first kappa shape index (κ1) is 20.2. The molecular formula is C22H32N2O2S. The molecule has 0 atom stereocenters. The van der Waals surface area contributed by atoms with Gasteiger partial charge in [-0.15, -0.1) is 0 Å². The van der Waals surface area contributed by atoms with Crippen molar-refractivity contribution in [3.63, 3.8) is 0 Å². The van der Waals surface area contributed by atoms with E-state index in [1.807, 2.05) is 26.0 Å². The van der Waals surface area contributed by atoms with Crippen LogP contribution in [0.15, 0.2) is 41.1 Å². The second kappa shape index (κ2) is 9.09. The highest BCUT2D eigenvalue weighted by Crippen LogP contribution is 2.28. The van der Waals surface area contributed by atoms with Gasteiger partial charge in [0.05, 0.1) is 11.7 Å². The number of rotatable bonds is 8. The Hall–Kier alpha value is -1.56. The van der Waals surface area contributed by atoms with Crippen LogP contribution in [0.1, 0.15) is 38.7 Å². The molecule has 1 saturated heterocycles. The molecule has 0 unspecified atom stereocenters. The van der Waals surface area contributed by atoms with Crippen LogP contribution in [0, 0.1) is 0 Å². The summed E-state index contributed by atoms with van der Waals surface area (Å²) in [6, 6.07) is 10.4. The predicted octanol–water partition coefficient (Wildman–Crippen LogP) is 4.39. The lowest BCUT2D eigenvalue weighted by Gasteiger charge is -2.39. The third-order valence-electron chi connectivity index (χ3n) is 5.33. The minimum absolute atomic E-state index is 0.188. The fraction of sp³-hybridized carbons (Fsp3) is 0.545. The number of aliphatic hydroxyl groups is 1. The Balaban J connectivity index is 1.45. The molecule has 2 aromatic rings. The van der Waals surface area contributed by atoms with Gasteiger partial charge < -0.3 is 14.7 Å². The van der Waals surface area contributed by atoms with Crippen LogP contribution in [0.3, 0.4) is 0 Å². The van der Waals surface area contributed by atoms with E-state index < -0.39 is 5.60 Å². The number of benzene rings is 1. The Labute approximate surface area is 167 Å². The van der Waals surface area contributed by atoms with Crippen molar-refractivity contribution in [3.05, 3.63) is 46.7 Å². The molecule has 5 heteroatoms. The second-order valence-electron chi connectivity index (χ2n) is 7.96. The van der Waals surface area contributed by atoms with Crippen LogP contribution in [-0.2, 0) is 6.54 Å². The van der Waals surface area contributed by atoms with Gasteiger partial charge in [-0.1, -0.05) is 0 Å². The van der Waals surface area contributed by atoms with E-state index in [9.17, 15) is 5.11 Å². The Kier molecular flexibility index (Phi) is 6.79. The molecular weight excluding hydrogens is 356 g/mol. The van der Waals surface area contributed by atoms with Crippen molar-refractivity contribution in [1.82, 2.24) is 4.90 Å². The predicted molar refractivity (Wildman–Crippen MR) is 114 cm³/mol. The van der Waals surface area contributed by atoms with Gasteiger partial charge in [0, 0.05) is 38.9 Å². The lowest BCUT2D eigenvalue weighted by molar-refractivity contribution is -0.0275. The average Bonchev–Trinajstić information content (AvgIpc) is 3.15. The smallest absolute Gasteiger partial charge is 0.119 e. The number of piperidine rings is 1. The minimum Gasteiger partial charge on any atom is -0.491 e. The number of likely N-dealkylation sites (tertiary alicyclic amines) is 1. The van der Waals surface area contributed by atoms with E-state index in [2.05, 4.69) is 45.8 Å². The summed E-state index contributed by atoms with van der Waals surface area (Å²) in [6.07, 6.45) is 2.70. The van der Waals surface area contributed by atoms with Crippen molar-refractivity contribution in [2.75, 3.05) is 31.6 Å². The number of thiophene rings is 1. The van der Waals surface area contributed by atoms with Crippen molar-refractivity contribution in [2.45, 2.75) is 51.4 Å². The van der Waals surface area contributed by atoms with Gasteiger partial charge in [-0.05, 0) is 79.8 Å². The highest BCUT2D eigenvalue weighted by molar-refractivity contribution is 7.07. The molecule has 4 nitrogen and oxygen atoms in total. The second-order valence-corrected chi connectivity index (χ2v) is 8.74. The zero-order chi connectivity index (χ0) is 19.3. The molecule has 1 aliphatic rings. The average molecular weight is 389 g/mol.